The van der Waals surface area contributed by atoms with Gasteiger partial charge in [-0.15, -0.1) is 0 Å². The van der Waals surface area contributed by atoms with Crippen LogP contribution in [0.15, 0.2) is 0 Å². The molecule has 0 rings (SSSR count). The van der Waals surface area contributed by atoms with E-state index in [0.29, 0.717) is 25.4 Å². The summed E-state index contributed by atoms with van der Waals surface area (Å²) >= 11 is 0. The Balaban J connectivity index is 3.50. The van der Waals surface area contributed by atoms with Crippen LogP contribution < -0.4 is 16.4 Å². The van der Waals surface area contributed by atoms with Gasteiger partial charge in [0.2, 0.25) is 5.91 Å². The summed E-state index contributed by atoms with van der Waals surface area (Å²) in [5.41, 5.74) is 5.35. The fourth-order valence-electron chi connectivity index (χ4n) is 2.07. The summed E-state index contributed by atoms with van der Waals surface area (Å²) in [4.78, 5) is 23.1. The van der Waals surface area contributed by atoms with E-state index in [0.717, 1.165) is 25.7 Å². The Kier molecular flexibility index (Phi) is 10.6. The van der Waals surface area contributed by atoms with Crippen molar-refractivity contribution in [2.24, 2.45) is 11.7 Å². The van der Waals surface area contributed by atoms with Crippen molar-refractivity contribution in [3.8, 4) is 0 Å². The molecule has 23 heavy (non-hydrogen) atoms. The zero-order valence-corrected chi connectivity index (χ0v) is 15.4. The molecule has 0 heterocycles. The second kappa shape index (κ2) is 11.3. The van der Waals surface area contributed by atoms with Gasteiger partial charge in [0.25, 0.3) is 0 Å². The molecule has 0 radical (unpaired) electrons. The molecule has 0 aromatic carbocycles. The second-order valence-electron chi connectivity index (χ2n) is 7.37. The number of nitrogens with one attached hydrogen (secondary N) is 2. The van der Waals surface area contributed by atoms with Crippen LogP contribution in [0.4, 0.5) is 4.79 Å². The number of carbonyl (C=O) groups is 2. The van der Waals surface area contributed by atoms with Crippen LogP contribution in [0.5, 0.6) is 0 Å². The van der Waals surface area contributed by atoms with Gasteiger partial charge in [-0.25, -0.2) is 4.79 Å². The molecule has 1 atom stereocenters. The van der Waals surface area contributed by atoms with Crippen LogP contribution >= 0.6 is 0 Å². The molecule has 136 valence electrons. The van der Waals surface area contributed by atoms with Crippen LogP contribution in [0, 0.1) is 5.92 Å². The lowest BCUT2D eigenvalue weighted by molar-refractivity contribution is -0.122. The van der Waals surface area contributed by atoms with Gasteiger partial charge in [0.05, 0.1) is 6.04 Å². The second-order valence-corrected chi connectivity index (χ2v) is 7.37. The first kappa shape index (κ1) is 21.7. The van der Waals surface area contributed by atoms with Crippen molar-refractivity contribution in [2.75, 3.05) is 13.1 Å². The lowest BCUT2D eigenvalue weighted by Crippen LogP contribution is -2.41. The first-order valence-corrected chi connectivity index (χ1v) is 8.62. The standard InChI is InChI=1S/C17H35N3O3/c1-13(2)12-14(18)15(21)19-10-8-6-7-9-11-20-16(22)23-17(3,4)5/h13-14H,6-12,18H2,1-5H3,(H,19,21)(H,20,22)/t14-/m0/s1. The zero-order valence-electron chi connectivity index (χ0n) is 15.4. The third-order valence-corrected chi connectivity index (χ3v) is 3.13. The van der Waals surface area contributed by atoms with E-state index in [1.165, 1.54) is 0 Å². The Labute approximate surface area is 140 Å². The topological polar surface area (TPSA) is 93.5 Å². The molecule has 0 bridgehead atoms. The van der Waals surface area contributed by atoms with Gasteiger partial charge in [-0.3, -0.25) is 4.79 Å². The minimum atomic E-state index is -0.460. The lowest BCUT2D eigenvalue weighted by Gasteiger charge is -2.19. The van der Waals surface area contributed by atoms with Gasteiger partial charge in [0.1, 0.15) is 5.60 Å². The molecule has 0 aliphatic rings. The Morgan fingerprint density at radius 2 is 1.52 bits per heavy atom. The first-order chi connectivity index (χ1) is 10.6. The monoisotopic (exact) mass is 329 g/mol. The molecule has 0 unspecified atom stereocenters. The maximum absolute atomic E-state index is 11.7. The fraction of sp³-hybridized carbons (Fsp3) is 0.882. The van der Waals surface area contributed by atoms with Crippen LogP contribution in [-0.4, -0.2) is 36.7 Å². The normalized spacial score (nSPS) is 12.8. The molecule has 6 heteroatoms. The SMILES string of the molecule is CC(C)C[C@H](N)C(=O)NCCCCCCNC(=O)OC(C)(C)C. The number of unbranched alkanes of at least 4 members (excludes halogenated alkanes) is 3. The van der Waals surface area contributed by atoms with Gasteiger partial charge in [-0.2, -0.15) is 0 Å². The van der Waals surface area contributed by atoms with Crippen LogP contribution in [0.25, 0.3) is 0 Å². The molecule has 0 aliphatic carbocycles. The molecule has 0 spiro atoms. The average Bonchev–Trinajstić information content (AvgIpc) is 2.38. The first-order valence-electron chi connectivity index (χ1n) is 8.62. The van der Waals surface area contributed by atoms with E-state index in [-0.39, 0.29) is 12.0 Å². The number of carbonyl (C=O) groups excluding carboxylic acids is 2. The van der Waals surface area contributed by atoms with Crippen LogP contribution in [-0.2, 0) is 9.53 Å². The van der Waals surface area contributed by atoms with E-state index in [1.807, 2.05) is 20.8 Å². The Morgan fingerprint density at radius 1 is 1.00 bits per heavy atom. The number of amides is 2. The number of nitrogens with two attached hydrogens (primary N) is 1. The van der Waals surface area contributed by atoms with Crippen LogP contribution in [0.3, 0.4) is 0 Å². The lowest BCUT2D eigenvalue weighted by atomic mass is 10.0. The van der Waals surface area contributed by atoms with Crippen molar-refractivity contribution in [1.82, 2.24) is 10.6 Å². The molecule has 0 fully saturated rings. The largest absolute Gasteiger partial charge is 0.444 e. The van der Waals surface area contributed by atoms with Crippen molar-refractivity contribution in [2.45, 2.75) is 78.4 Å². The third-order valence-electron chi connectivity index (χ3n) is 3.13. The van der Waals surface area contributed by atoms with E-state index < -0.39 is 11.6 Å². The fourth-order valence-corrected chi connectivity index (χ4v) is 2.07. The Bertz CT molecular complexity index is 351. The van der Waals surface area contributed by atoms with Crippen molar-refractivity contribution in [3.63, 3.8) is 0 Å². The van der Waals surface area contributed by atoms with E-state index >= 15 is 0 Å². The van der Waals surface area contributed by atoms with Crippen LogP contribution in [0.2, 0.25) is 0 Å². The highest BCUT2D eigenvalue weighted by molar-refractivity contribution is 5.81. The predicted molar refractivity (Wildman–Crippen MR) is 93.1 cm³/mol. The minimum Gasteiger partial charge on any atom is -0.444 e. The molecule has 2 amide bonds. The van der Waals surface area contributed by atoms with Gasteiger partial charge >= 0.3 is 6.09 Å². The Hall–Kier alpha value is -1.30. The molecular weight excluding hydrogens is 294 g/mol. The summed E-state index contributed by atoms with van der Waals surface area (Å²) in [5, 5.41) is 5.60. The molecule has 0 saturated carbocycles. The molecule has 0 saturated heterocycles. The van der Waals surface area contributed by atoms with Crippen molar-refractivity contribution in [1.29, 1.82) is 0 Å². The number of ether oxygens (including phenoxy) is 1. The minimum absolute atomic E-state index is 0.0645. The molecular formula is C17H35N3O3. The summed E-state index contributed by atoms with van der Waals surface area (Å²) in [6, 6.07) is -0.409. The zero-order chi connectivity index (χ0) is 17.9. The van der Waals surface area contributed by atoms with Gasteiger partial charge in [-0.1, -0.05) is 26.7 Å². The molecule has 4 N–H and O–H groups in total. The van der Waals surface area contributed by atoms with Gasteiger partial charge in [0.15, 0.2) is 0 Å². The predicted octanol–water partition coefficient (Wildman–Crippen LogP) is 2.56. The third kappa shape index (κ3) is 14.0. The molecule has 0 aliphatic heterocycles. The van der Waals surface area contributed by atoms with E-state index in [4.69, 9.17) is 10.5 Å². The van der Waals surface area contributed by atoms with Gasteiger partial charge < -0.3 is 21.1 Å². The summed E-state index contributed by atoms with van der Waals surface area (Å²) < 4.78 is 5.15. The smallest absolute Gasteiger partial charge is 0.407 e. The van der Waals surface area contributed by atoms with Crippen molar-refractivity contribution in [3.05, 3.63) is 0 Å². The average molecular weight is 329 g/mol. The molecule has 0 aromatic heterocycles. The Morgan fingerprint density at radius 3 is 2.00 bits per heavy atom. The summed E-state index contributed by atoms with van der Waals surface area (Å²) in [7, 11) is 0. The number of hydrogen-bond donors (Lipinski definition) is 3. The highest BCUT2D eigenvalue weighted by Gasteiger charge is 2.15. The van der Waals surface area contributed by atoms with E-state index in [1.54, 1.807) is 0 Å². The van der Waals surface area contributed by atoms with E-state index in [2.05, 4.69) is 24.5 Å². The van der Waals surface area contributed by atoms with Crippen molar-refractivity contribution < 1.29 is 14.3 Å². The maximum atomic E-state index is 11.7. The highest BCUT2D eigenvalue weighted by atomic mass is 16.6. The number of hydrogen-bond acceptors (Lipinski definition) is 4. The van der Waals surface area contributed by atoms with Gasteiger partial charge in [-0.05, 0) is 46.0 Å². The quantitative estimate of drug-likeness (QED) is 0.537. The molecule has 6 nitrogen and oxygen atoms in total. The summed E-state index contributed by atoms with van der Waals surface area (Å²) in [5.74, 6) is 0.360. The van der Waals surface area contributed by atoms with E-state index in [9.17, 15) is 9.59 Å². The molecule has 0 aromatic rings. The number of alkyl carbamates (subject to hydrolysis) is 1. The summed E-state index contributed by atoms with van der Waals surface area (Å²) in [6.07, 6.45) is 4.18. The highest BCUT2D eigenvalue weighted by Crippen LogP contribution is 2.06. The maximum Gasteiger partial charge on any atom is 0.407 e. The summed E-state index contributed by atoms with van der Waals surface area (Å²) in [6.45, 7) is 10.9. The van der Waals surface area contributed by atoms with Gasteiger partial charge in [0, 0.05) is 13.1 Å². The number of rotatable bonds is 10. The van der Waals surface area contributed by atoms with Crippen LogP contribution in [0.1, 0.15) is 66.7 Å². The van der Waals surface area contributed by atoms with Crippen molar-refractivity contribution >= 4 is 12.0 Å².